The summed E-state index contributed by atoms with van der Waals surface area (Å²) in [6, 6.07) is 6.65. The highest BCUT2D eigenvalue weighted by Crippen LogP contribution is 2.35. The molecule has 31 heavy (non-hydrogen) atoms. The van der Waals surface area contributed by atoms with Crippen molar-refractivity contribution in [3.63, 3.8) is 0 Å². The third-order valence-electron chi connectivity index (χ3n) is 4.07. The highest BCUT2D eigenvalue weighted by molar-refractivity contribution is 5.97. The first kappa shape index (κ1) is 21.5. The smallest absolute Gasteiger partial charge is 0.417 e. The molecule has 1 aromatic heterocycles. The van der Waals surface area contributed by atoms with Crippen molar-refractivity contribution in [1.82, 2.24) is 10.3 Å². The molecular weight excluding hydrogens is 417 g/mol. The van der Waals surface area contributed by atoms with E-state index >= 15 is 0 Å². The number of carbonyl (C=O) groups excluding carboxylic acids is 1. The normalized spacial score (nSPS) is 13.3. The van der Waals surface area contributed by atoms with Crippen molar-refractivity contribution >= 4 is 5.91 Å². The predicted octanol–water partition coefficient (Wildman–Crippen LogP) is 3.69. The fourth-order valence-corrected chi connectivity index (χ4v) is 2.60. The van der Waals surface area contributed by atoms with E-state index in [0.717, 1.165) is 0 Å². The van der Waals surface area contributed by atoms with Crippen LogP contribution in [0.3, 0.4) is 0 Å². The maximum Gasteiger partial charge on any atom is 0.417 e. The van der Waals surface area contributed by atoms with Gasteiger partial charge in [-0.05, 0) is 24.3 Å². The number of amides is 1. The molecule has 1 N–H and O–H groups in total. The summed E-state index contributed by atoms with van der Waals surface area (Å²) in [7, 11) is 1.31. The number of nitrogens with zero attached hydrogens (tertiary/aromatic N) is 3. The van der Waals surface area contributed by atoms with Gasteiger partial charge in [-0.1, -0.05) is 0 Å². The fourth-order valence-electron chi connectivity index (χ4n) is 2.60. The number of pyridine rings is 1. The first-order valence-electron chi connectivity index (χ1n) is 8.67. The number of halogens is 3. The van der Waals surface area contributed by atoms with Gasteiger partial charge in [0.25, 0.3) is 5.91 Å². The maximum absolute atomic E-state index is 13.2. The predicted molar refractivity (Wildman–Crippen MR) is 100 cm³/mol. The number of allylic oxidation sites excluding steroid dienone is 2. The fraction of sp³-hybridized carbons (Fsp3) is 0.150. The molecule has 2 aromatic rings. The van der Waals surface area contributed by atoms with Crippen LogP contribution in [-0.2, 0) is 6.18 Å². The van der Waals surface area contributed by atoms with Crippen LogP contribution in [0.1, 0.15) is 21.5 Å². The SMILES string of the molecule is COc1cc(C#N)ccc1Oc1ncc(C(F)(F)F)cc1C(=O)NC1=CC=C[N+](=O)C1. The second kappa shape index (κ2) is 8.66. The third kappa shape index (κ3) is 5.05. The van der Waals surface area contributed by atoms with E-state index in [-0.39, 0.29) is 29.3 Å². The van der Waals surface area contributed by atoms with Crippen molar-refractivity contribution in [2.45, 2.75) is 6.18 Å². The first-order chi connectivity index (χ1) is 14.7. The summed E-state index contributed by atoms with van der Waals surface area (Å²) in [5.74, 6) is -1.21. The molecule has 0 spiro atoms. The van der Waals surface area contributed by atoms with Crippen molar-refractivity contribution in [3.05, 3.63) is 76.1 Å². The van der Waals surface area contributed by atoms with E-state index in [1.165, 1.54) is 43.7 Å². The Morgan fingerprint density at radius 1 is 1.29 bits per heavy atom. The largest absolute Gasteiger partial charge is 0.493 e. The zero-order chi connectivity index (χ0) is 22.6. The lowest BCUT2D eigenvalue weighted by Crippen LogP contribution is -2.28. The molecule has 1 aliphatic rings. The Balaban J connectivity index is 1.99. The summed E-state index contributed by atoms with van der Waals surface area (Å²) in [4.78, 5) is 27.8. The summed E-state index contributed by atoms with van der Waals surface area (Å²) < 4.78 is 50.7. The molecule has 0 atom stereocenters. The number of nitroso groups, excluding NO2 is 1. The van der Waals surface area contributed by atoms with Gasteiger partial charge < -0.3 is 14.8 Å². The Morgan fingerprint density at radius 3 is 2.71 bits per heavy atom. The Kier molecular flexibility index (Phi) is 6.01. The van der Waals surface area contributed by atoms with Gasteiger partial charge in [0.2, 0.25) is 18.6 Å². The number of methoxy groups -OCH3 is 1. The molecule has 1 aromatic carbocycles. The van der Waals surface area contributed by atoms with Gasteiger partial charge in [-0.25, -0.2) is 4.98 Å². The number of benzene rings is 1. The van der Waals surface area contributed by atoms with E-state index in [4.69, 9.17) is 14.7 Å². The van der Waals surface area contributed by atoms with Crippen LogP contribution in [0.5, 0.6) is 17.4 Å². The van der Waals surface area contributed by atoms with Gasteiger partial charge in [-0.2, -0.15) is 18.4 Å². The lowest BCUT2D eigenvalue weighted by molar-refractivity contribution is -0.472. The van der Waals surface area contributed by atoms with Crippen molar-refractivity contribution in [3.8, 4) is 23.4 Å². The molecule has 8 nitrogen and oxygen atoms in total. The van der Waals surface area contributed by atoms with Crippen molar-refractivity contribution in [2.75, 3.05) is 13.7 Å². The van der Waals surface area contributed by atoms with Crippen LogP contribution in [0.25, 0.3) is 0 Å². The Morgan fingerprint density at radius 2 is 2.06 bits per heavy atom. The quantitative estimate of drug-likeness (QED) is 0.724. The molecule has 0 bridgehead atoms. The average molecular weight is 431 g/mol. The molecule has 158 valence electrons. The molecular formula is C20H14F3N4O4+. The molecule has 0 unspecified atom stereocenters. The van der Waals surface area contributed by atoms with Gasteiger partial charge in [0.15, 0.2) is 11.5 Å². The Bertz CT molecular complexity index is 1150. The molecule has 1 aliphatic heterocycles. The molecule has 0 aliphatic carbocycles. The van der Waals surface area contributed by atoms with Gasteiger partial charge in [0.1, 0.15) is 5.56 Å². The van der Waals surface area contributed by atoms with E-state index in [0.29, 0.717) is 17.0 Å². The van der Waals surface area contributed by atoms with E-state index in [1.807, 2.05) is 6.07 Å². The van der Waals surface area contributed by atoms with E-state index in [9.17, 15) is 22.9 Å². The van der Waals surface area contributed by atoms with Gasteiger partial charge in [-0.15, -0.1) is 0 Å². The highest BCUT2D eigenvalue weighted by atomic mass is 19.4. The van der Waals surface area contributed by atoms with E-state index in [2.05, 4.69) is 10.3 Å². The third-order valence-corrected chi connectivity index (χ3v) is 4.07. The zero-order valence-electron chi connectivity index (χ0n) is 15.9. The molecule has 2 heterocycles. The van der Waals surface area contributed by atoms with Gasteiger partial charge in [-0.3, -0.25) is 4.79 Å². The van der Waals surface area contributed by atoms with Gasteiger partial charge >= 0.3 is 6.18 Å². The van der Waals surface area contributed by atoms with Crippen molar-refractivity contribution in [2.24, 2.45) is 0 Å². The topological polar surface area (TPSA) is 104 Å². The second-order valence-corrected chi connectivity index (χ2v) is 6.22. The number of carbonyl (C=O) groups is 1. The van der Waals surface area contributed by atoms with Crippen molar-refractivity contribution in [1.29, 1.82) is 5.26 Å². The highest BCUT2D eigenvalue weighted by Gasteiger charge is 2.33. The second-order valence-electron chi connectivity index (χ2n) is 6.22. The number of nitrogens with one attached hydrogen (secondary N) is 1. The van der Waals surface area contributed by atoms with E-state index in [1.54, 1.807) is 0 Å². The minimum Gasteiger partial charge on any atom is -0.493 e. The van der Waals surface area contributed by atoms with Crippen LogP contribution < -0.4 is 14.8 Å². The van der Waals surface area contributed by atoms with Crippen LogP contribution >= 0.6 is 0 Å². The standard InChI is InChI=1S/C20H13F3N4O4/c1-30-17-7-12(9-24)4-5-16(17)31-19-15(8-13(10-25-19)20(21,22)23)18(28)26-14-3-2-6-27(29)11-14/h2-8,10H,11H2,1H3/p+1. The number of aromatic nitrogens is 1. The van der Waals surface area contributed by atoms with Crippen LogP contribution in [0.2, 0.25) is 0 Å². The average Bonchev–Trinajstić information content (AvgIpc) is 2.73. The number of hydrogen-bond donors (Lipinski definition) is 1. The van der Waals surface area contributed by atoms with Crippen LogP contribution in [0, 0.1) is 16.2 Å². The lowest BCUT2D eigenvalue weighted by Gasteiger charge is -2.15. The number of nitriles is 1. The molecule has 0 saturated carbocycles. The Labute approximate surface area is 173 Å². The summed E-state index contributed by atoms with van der Waals surface area (Å²) >= 11 is 0. The zero-order valence-corrected chi connectivity index (χ0v) is 15.9. The molecule has 0 saturated heterocycles. The van der Waals surface area contributed by atoms with Crippen LogP contribution in [-0.4, -0.2) is 29.3 Å². The Hall–Kier alpha value is -4.20. The van der Waals surface area contributed by atoms with Gasteiger partial charge in [0.05, 0.1) is 30.0 Å². The molecule has 0 radical (unpaired) electrons. The van der Waals surface area contributed by atoms with E-state index < -0.39 is 29.1 Å². The minimum absolute atomic E-state index is 0.0355. The monoisotopic (exact) mass is 431 g/mol. The summed E-state index contributed by atoms with van der Waals surface area (Å²) in [6.45, 7) is -0.186. The molecule has 0 fully saturated rings. The molecule has 3 rings (SSSR count). The lowest BCUT2D eigenvalue weighted by atomic mass is 10.1. The first-order valence-corrected chi connectivity index (χ1v) is 8.67. The number of ether oxygens (including phenoxy) is 2. The minimum atomic E-state index is -4.74. The van der Waals surface area contributed by atoms with Crippen LogP contribution in [0.4, 0.5) is 13.2 Å². The number of alkyl halides is 3. The molecule has 11 heteroatoms. The molecule has 1 amide bonds. The van der Waals surface area contributed by atoms with Crippen LogP contribution in [0.15, 0.2) is 54.5 Å². The van der Waals surface area contributed by atoms with Crippen molar-refractivity contribution < 1.29 is 32.2 Å². The number of hydrogen-bond acceptors (Lipinski definition) is 6. The summed E-state index contributed by atoms with van der Waals surface area (Å²) in [5, 5.41) is 11.4. The maximum atomic E-state index is 13.2. The summed E-state index contributed by atoms with van der Waals surface area (Å²) in [5.41, 5.74) is -1.21. The number of rotatable bonds is 5. The van der Waals surface area contributed by atoms with Gasteiger partial charge in [0, 0.05) is 28.0 Å². The summed E-state index contributed by atoms with van der Waals surface area (Å²) in [6.07, 6.45) is -0.157.